The van der Waals surface area contributed by atoms with Gasteiger partial charge < -0.3 is 10.5 Å². The molecule has 0 amide bonds. The molecule has 0 aromatic heterocycles. The van der Waals surface area contributed by atoms with Crippen LogP contribution in [0.3, 0.4) is 0 Å². The minimum absolute atomic E-state index is 0.0941. The van der Waals surface area contributed by atoms with E-state index in [2.05, 4.69) is 18.7 Å². The van der Waals surface area contributed by atoms with E-state index in [1.54, 1.807) is 19.2 Å². The van der Waals surface area contributed by atoms with E-state index in [1.807, 2.05) is 0 Å². The van der Waals surface area contributed by atoms with Gasteiger partial charge in [0.1, 0.15) is 10.8 Å². The number of nitrogens with two attached hydrogens (primary N) is 1. The van der Waals surface area contributed by atoms with Crippen molar-refractivity contribution in [1.29, 1.82) is 0 Å². The Bertz CT molecular complexity index is 451. The molecule has 0 spiro atoms. The second-order valence-electron chi connectivity index (χ2n) is 5.30. The molecule has 20 heavy (non-hydrogen) atoms. The van der Waals surface area contributed by atoms with Crippen molar-refractivity contribution in [2.75, 3.05) is 26.8 Å². The van der Waals surface area contributed by atoms with Crippen LogP contribution in [0.5, 0.6) is 0 Å². The lowest BCUT2D eigenvalue weighted by molar-refractivity contribution is 0.136. The molecule has 1 aromatic rings. The highest BCUT2D eigenvalue weighted by atomic mass is 32.1. The van der Waals surface area contributed by atoms with Crippen LogP contribution in [-0.2, 0) is 11.3 Å². The second-order valence-corrected chi connectivity index (χ2v) is 5.74. The van der Waals surface area contributed by atoms with Crippen LogP contribution in [0.1, 0.15) is 25.0 Å². The number of hydrogen-bond acceptors (Lipinski definition) is 3. The molecular weight excluding hydrogens is 275 g/mol. The molecule has 0 aliphatic heterocycles. The molecule has 1 aromatic carbocycles. The lowest BCUT2D eigenvalue weighted by Gasteiger charge is -2.24. The van der Waals surface area contributed by atoms with Crippen LogP contribution in [0.2, 0.25) is 0 Å². The molecule has 0 fully saturated rings. The molecule has 0 saturated heterocycles. The van der Waals surface area contributed by atoms with Gasteiger partial charge in [-0.25, -0.2) is 4.39 Å². The minimum Gasteiger partial charge on any atom is -0.389 e. The van der Waals surface area contributed by atoms with E-state index >= 15 is 0 Å². The highest BCUT2D eigenvalue weighted by Gasteiger charge is 2.11. The molecule has 0 aliphatic carbocycles. The van der Waals surface area contributed by atoms with Crippen molar-refractivity contribution in [1.82, 2.24) is 4.90 Å². The van der Waals surface area contributed by atoms with E-state index in [0.29, 0.717) is 18.1 Å². The number of thiocarbonyl (C=S) groups is 1. The molecule has 0 bridgehead atoms. The first-order valence-electron chi connectivity index (χ1n) is 6.73. The summed E-state index contributed by atoms with van der Waals surface area (Å²) in [6, 6.07) is 4.93. The third-order valence-electron chi connectivity index (χ3n) is 2.94. The highest BCUT2D eigenvalue weighted by Crippen LogP contribution is 2.13. The molecule has 0 radical (unpaired) electrons. The SMILES string of the molecule is COCCN(Cc1ccc(F)c(C(N)=S)c1)CC(C)C. The van der Waals surface area contributed by atoms with Gasteiger partial charge in [0.25, 0.3) is 0 Å². The Morgan fingerprint density at radius 2 is 2.15 bits per heavy atom. The summed E-state index contributed by atoms with van der Waals surface area (Å²) < 4.78 is 18.7. The van der Waals surface area contributed by atoms with Crippen LogP contribution < -0.4 is 5.73 Å². The lowest BCUT2D eigenvalue weighted by Crippen LogP contribution is -2.30. The quantitative estimate of drug-likeness (QED) is 0.749. The van der Waals surface area contributed by atoms with Crippen molar-refractivity contribution in [3.05, 3.63) is 35.1 Å². The fourth-order valence-electron chi connectivity index (χ4n) is 2.09. The molecular formula is C15H23FN2OS. The van der Waals surface area contributed by atoms with Crippen LogP contribution in [-0.4, -0.2) is 36.7 Å². The zero-order valence-corrected chi connectivity index (χ0v) is 13.2. The van der Waals surface area contributed by atoms with Crippen molar-refractivity contribution in [3.8, 4) is 0 Å². The standard InChI is InChI=1S/C15H23FN2OS/c1-11(2)9-18(6-7-19-3)10-12-4-5-14(16)13(8-12)15(17)20/h4-5,8,11H,6-7,9-10H2,1-3H3,(H2,17,20). The number of hydrogen-bond donors (Lipinski definition) is 1. The maximum absolute atomic E-state index is 13.6. The number of rotatable bonds is 8. The van der Waals surface area contributed by atoms with E-state index < -0.39 is 0 Å². The molecule has 0 heterocycles. The third-order valence-corrected chi connectivity index (χ3v) is 3.16. The van der Waals surface area contributed by atoms with Gasteiger partial charge in [0.05, 0.1) is 6.61 Å². The largest absolute Gasteiger partial charge is 0.389 e. The Labute approximate surface area is 125 Å². The number of nitrogens with zero attached hydrogens (tertiary/aromatic N) is 1. The number of methoxy groups -OCH3 is 1. The molecule has 1 rings (SSSR count). The Balaban J connectivity index is 2.81. The lowest BCUT2D eigenvalue weighted by atomic mass is 10.1. The second kappa shape index (κ2) is 8.29. The summed E-state index contributed by atoms with van der Waals surface area (Å²) in [5.74, 6) is 0.191. The molecule has 5 heteroatoms. The van der Waals surface area contributed by atoms with Gasteiger partial charge in [-0.3, -0.25) is 4.90 Å². The normalized spacial score (nSPS) is 11.3. The highest BCUT2D eigenvalue weighted by molar-refractivity contribution is 7.80. The van der Waals surface area contributed by atoms with Crippen molar-refractivity contribution in [2.24, 2.45) is 11.7 Å². The van der Waals surface area contributed by atoms with Crippen LogP contribution in [0.25, 0.3) is 0 Å². The zero-order chi connectivity index (χ0) is 15.1. The summed E-state index contributed by atoms with van der Waals surface area (Å²) in [4.78, 5) is 2.38. The Hall–Kier alpha value is -1.04. The Morgan fingerprint density at radius 3 is 2.70 bits per heavy atom. The maximum atomic E-state index is 13.6. The topological polar surface area (TPSA) is 38.5 Å². The first-order valence-corrected chi connectivity index (χ1v) is 7.14. The van der Waals surface area contributed by atoms with Crippen LogP contribution in [0.15, 0.2) is 18.2 Å². The van der Waals surface area contributed by atoms with Gasteiger partial charge >= 0.3 is 0 Å². The van der Waals surface area contributed by atoms with E-state index in [9.17, 15) is 4.39 Å². The van der Waals surface area contributed by atoms with Gasteiger partial charge in [-0.15, -0.1) is 0 Å². The summed E-state index contributed by atoms with van der Waals surface area (Å²) in [6.07, 6.45) is 0. The van der Waals surface area contributed by atoms with Crippen molar-refractivity contribution < 1.29 is 9.13 Å². The van der Waals surface area contributed by atoms with Gasteiger partial charge in [0.15, 0.2) is 0 Å². The Morgan fingerprint density at radius 1 is 1.45 bits per heavy atom. The first-order chi connectivity index (χ1) is 9.43. The summed E-state index contributed by atoms with van der Waals surface area (Å²) >= 11 is 4.87. The van der Waals surface area contributed by atoms with Gasteiger partial charge in [0, 0.05) is 32.3 Å². The maximum Gasteiger partial charge on any atom is 0.133 e. The summed E-state index contributed by atoms with van der Waals surface area (Å²) in [6.45, 7) is 7.56. The van der Waals surface area contributed by atoms with Crippen molar-refractivity contribution in [2.45, 2.75) is 20.4 Å². The van der Waals surface area contributed by atoms with Crippen LogP contribution >= 0.6 is 12.2 Å². The van der Waals surface area contributed by atoms with Crippen molar-refractivity contribution >= 4 is 17.2 Å². The van der Waals surface area contributed by atoms with E-state index in [-0.39, 0.29) is 10.8 Å². The van der Waals surface area contributed by atoms with Crippen LogP contribution in [0, 0.1) is 11.7 Å². The Kier molecular flexibility index (Phi) is 7.05. The number of halogens is 1. The van der Waals surface area contributed by atoms with Crippen molar-refractivity contribution in [3.63, 3.8) is 0 Å². The molecule has 0 atom stereocenters. The van der Waals surface area contributed by atoms with E-state index in [1.165, 1.54) is 6.07 Å². The first kappa shape index (κ1) is 17.0. The van der Waals surface area contributed by atoms with Gasteiger partial charge in [-0.1, -0.05) is 32.1 Å². The molecule has 3 nitrogen and oxygen atoms in total. The predicted octanol–water partition coefficient (Wildman–Crippen LogP) is 2.56. The molecule has 0 aliphatic rings. The number of ether oxygens (including phenoxy) is 1. The van der Waals surface area contributed by atoms with Gasteiger partial charge in [-0.05, 0) is 23.6 Å². The number of benzene rings is 1. The summed E-state index contributed by atoms with van der Waals surface area (Å²) in [5.41, 5.74) is 6.85. The smallest absolute Gasteiger partial charge is 0.133 e. The molecule has 112 valence electrons. The average molecular weight is 298 g/mol. The van der Waals surface area contributed by atoms with Gasteiger partial charge in [-0.2, -0.15) is 0 Å². The fraction of sp³-hybridized carbons (Fsp3) is 0.533. The average Bonchev–Trinajstić information content (AvgIpc) is 2.37. The van der Waals surface area contributed by atoms with Gasteiger partial charge in [0.2, 0.25) is 0 Å². The summed E-state index contributed by atoms with van der Waals surface area (Å²) in [7, 11) is 1.69. The zero-order valence-electron chi connectivity index (χ0n) is 12.4. The minimum atomic E-state index is -0.367. The molecule has 0 unspecified atom stereocenters. The fourth-order valence-corrected chi connectivity index (χ4v) is 2.25. The third kappa shape index (κ3) is 5.53. The monoisotopic (exact) mass is 298 g/mol. The van der Waals surface area contributed by atoms with E-state index in [0.717, 1.165) is 25.2 Å². The summed E-state index contributed by atoms with van der Waals surface area (Å²) in [5, 5.41) is 0. The van der Waals surface area contributed by atoms with E-state index in [4.69, 9.17) is 22.7 Å². The molecule has 2 N–H and O–H groups in total. The predicted molar refractivity (Wildman–Crippen MR) is 84.3 cm³/mol. The van der Waals surface area contributed by atoms with Crippen LogP contribution in [0.4, 0.5) is 4.39 Å². The molecule has 0 saturated carbocycles.